The number of thioether (sulfide) groups is 1. The zero-order valence-electron chi connectivity index (χ0n) is 11.2. The van der Waals surface area contributed by atoms with Crippen LogP contribution >= 0.6 is 11.8 Å². The van der Waals surface area contributed by atoms with Crippen LogP contribution in [0.3, 0.4) is 0 Å². The van der Waals surface area contributed by atoms with Crippen molar-refractivity contribution in [1.82, 2.24) is 0 Å². The molecule has 0 aromatic heterocycles. The van der Waals surface area contributed by atoms with Crippen LogP contribution in [0.5, 0.6) is 11.5 Å². The second kappa shape index (κ2) is 6.70. The normalized spacial score (nSPS) is 15.5. The lowest BCUT2D eigenvalue weighted by Crippen LogP contribution is -2.14. The third-order valence-corrected chi connectivity index (χ3v) is 4.08. The summed E-state index contributed by atoms with van der Waals surface area (Å²) in [7, 11) is 1.41. The zero-order chi connectivity index (χ0) is 13.7. The van der Waals surface area contributed by atoms with Crippen LogP contribution in [-0.4, -0.2) is 32.0 Å². The summed E-state index contributed by atoms with van der Waals surface area (Å²) >= 11 is 1.62. The third kappa shape index (κ3) is 3.80. The predicted molar refractivity (Wildman–Crippen MR) is 74.0 cm³/mol. The van der Waals surface area contributed by atoms with Crippen LogP contribution in [0, 0.1) is 5.92 Å². The van der Waals surface area contributed by atoms with E-state index in [-0.39, 0.29) is 11.9 Å². The van der Waals surface area contributed by atoms with Gasteiger partial charge in [0.25, 0.3) is 0 Å². The largest absolute Gasteiger partial charge is 0.490 e. The average Bonchev–Trinajstić information content (AvgIpc) is 2.68. The first-order valence-corrected chi connectivity index (χ1v) is 7.29. The summed E-state index contributed by atoms with van der Waals surface area (Å²) in [5, 5.41) is 0. The molecule has 4 nitrogen and oxygen atoms in total. The number of hydrogen-bond donors (Lipinski definition) is 0. The zero-order valence-corrected chi connectivity index (χ0v) is 12.0. The van der Waals surface area contributed by atoms with Gasteiger partial charge in [0, 0.05) is 17.1 Å². The smallest absolute Gasteiger partial charge is 0.309 e. The summed E-state index contributed by atoms with van der Waals surface area (Å²) in [6, 6.07) is 5.88. The number of benzene rings is 1. The first-order chi connectivity index (χ1) is 9.20. The molecule has 1 aliphatic rings. The van der Waals surface area contributed by atoms with E-state index in [1.807, 2.05) is 25.1 Å². The minimum atomic E-state index is -0.179. The minimum Gasteiger partial charge on any atom is -0.490 e. The molecule has 19 heavy (non-hydrogen) atoms. The van der Waals surface area contributed by atoms with E-state index < -0.39 is 0 Å². The lowest BCUT2D eigenvalue weighted by atomic mass is 10.2. The summed E-state index contributed by atoms with van der Waals surface area (Å²) in [6.45, 7) is 3.24. The highest BCUT2D eigenvalue weighted by atomic mass is 32.2. The van der Waals surface area contributed by atoms with Crippen molar-refractivity contribution in [2.45, 2.75) is 18.2 Å². The number of esters is 1. The molecule has 0 fully saturated rings. The van der Waals surface area contributed by atoms with Crippen molar-refractivity contribution in [1.29, 1.82) is 0 Å². The molecule has 5 heteroatoms. The summed E-state index contributed by atoms with van der Waals surface area (Å²) in [5.41, 5.74) is 0. The minimum absolute atomic E-state index is 0.119. The molecule has 0 saturated carbocycles. The van der Waals surface area contributed by atoms with E-state index in [1.165, 1.54) is 7.11 Å². The molecule has 0 amide bonds. The van der Waals surface area contributed by atoms with Crippen molar-refractivity contribution in [3.05, 3.63) is 18.2 Å². The Bertz CT molecular complexity index is 447. The van der Waals surface area contributed by atoms with Gasteiger partial charge in [-0.1, -0.05) is 6.92 Å². The molecule has 0 bridgehead atoms. The average molecular weight is 282 g/mol. The van der Waals surface area contributed by atoms with Gasteiger partial charge < -0.3 is 14.2 Å². The lowest BCUT2D eigenvalue weighted by molar-refractivity contribution is -0.143. The van der Waals surface area contributed by atoms with Crippen LogP contribution < -0.4 is 9.47 Å². The van der Waals surface area contributed by atoms with Crippen molar-refractivity contribution in [2.75, 3.05) is 26.1 Å². The van der Waals surface area contributed by atoms with Crippen molar-refractivity contribution in [2.24, 2.45) is 5.92 Å². The monoisotopic (exact) mass is 282 g/mol. The maximum atomic E-state index is 11.3. The number of fused-ring (bicyclic) bond motifs is 1. The Balaban J connectivity index is 1.98. The van der Waals surface area contributed by atoms with E-state index >= 15 is 0 Å². The molecule has 0 N–H and O–H groups in total. The van der Waals surface area contributed by atoms with Gasteiger partial charge >= 0.3 is 5.97 Å². The molecule has 1 aromatic carbocycles. The van der Waals surface area contributed by atoms with Crippen molar-refractivity contribution in [3.63, 3.8) is 0 Å². The summed E-state index contributed by atoms with van der Waals surface area (Å²) < 4.78 is 15.9. The van der Waals surface area contributed by atoms with E-state index in [4.69, 9.17) is 14.2 Å². The second-order valence-electron chi connectivity index (χ2n) is 4.39. The van der Waals surface area contributed by atoms with Gasteiger partial charge in [-0.15, -0.1) is 11.8 Å². The molecule has 1 aromatic rings. The first kappa shape index (κ1) is 14.1. The highest BCUT2D eigenvalue weighted by molar-refractivity contribution is 7.99. The Labute approximate surface area is 117 Å². The molecule has 104 valence electrons. The number of methoxy groups -OCH3 is 1. The van der Waals surface area contributed by atoms with Crippen LogP contribution in [0.1, 0.15) is 13.3 Å². The van der Waals surface area contributed by atoms with E-state index in [0.717, 1.165) is 22.8 Å². The standard InChI is InChI=1S/C14H18O4S/c1-10(14(15)16-2)9-19-11-4-5-12-13(8-11)18-7-3-6-17-12/h4-5,8,10H,3,6-7,9H2,1-2H3. The molecule has 1 unspecified atom stereocenters. The number of hydrogen-bond acceptors (Lipinski definition) is 5. The van der Waals surface area contributed by atoms with Crippen molar-refractivity contribution in [3.8, 4) is 11.5 Å². The lowest BCUT2D eigenvalue weighted by Gasteiger charge is -2.11. The van der Waals surface area contributed by atoms with Gasteiger partial charge in [-0.05, 0) is 18.2 Å². The number of rotatable bonds is 4. The van der Waals surface area contributed by atoms with E-state index in [1.54, 1.807) is 11.8 Å². The number of carbonyl (C=O) groups is 1. The van der Waals surface area contributed by atoms with Crippen LogP contribution in [0.4, 0.5) is 0 Å². The molecular weight excluding hydrogens is 264 g/mol. The Morgan fingerprint density at radius 3 is 2.84 bits per heavy atom. The Morgan fingerprint density at radius 1 is 1.37 bits per heavy atom. The van der Waals surface area contributed by atoms with Crippen LogP contribution in [0.2, 0.25) is 0 Å². The van der Waals surface area contributed by atoms with Crippen LogP contribution in [0.15, 0.2) is 23.1 Å². The number of ether oxygens (including phenoxy) is 3. The Hall–Kier alpha value is -1.36. The molecule has 1 atom stereocenters. The van der Waals surface area contributed by atoms with Crippen LogP contribution in [-0.2, 0) is 9.53 Å². The molecule has 0 saturated heterocycles. The van der Waals surface area contributed by atoms with Gasteiger partial charge in [0.05, 0.1) is 26.2 Å². The van der Waals surface area contributed by atoms with E-state index in [2.05, 4.69) is 0 Å². The first-order valence-electron chi connectivity index (χ1n) is 6.31. The molecule has 0 spiro atoms. The third-order valence-electron chi connectivity index (χ3n) is 2.82. The summed E-state index contributed by atoms with van der Waals surface area (Å²) in [4.78, 5) is 12.4. The highest BCUT2D eigenvalue weighted by Gasteiger charge is 2.15. The quantitative estimate of drug-likeness (QED) is 0.627. The van der Waals surface area contributed by atoms with Gasteiger partial charge in [0.2, 0.25) is 0 Å². The molecular formula is C14H18O4S. The second-order valence-corrected chi connectivity index (χ2v) is 5.49. The van der Waals surface area contributed by atoms with Crippen molar-refractivity contribution < 1.29 is 19.0 Å². The van der Waals surface area contributed by atoms with Gasteiger partial charge in [-0.2, -0.15) is 0 Å². The summed E-state index contributed by atoms with van der Waals surface area (Å²) in [6.07, 6.45) is 0.899. The maximum absolute atomic E-state index is 11.3. The van der Waals surface area contributed by atoms with Gasteiger partial charge in [-0.25, -0.2) is 0 Å². The molecule has 1 heterocycles. The van der Waals surface area contributed by atoms with E-state index in [9.17, 15) is 4.79 Å². The van der Waals surface area contributed by atoms with Crippen LogP contribution in [0.25, 0.3) is 0 Å². The Kier molecular flexibility index (Phi) is 4.96. The van der Waals surface area contributed by atoms with Gasteiger partial charge in [-0.3, -0.25) is 4.79 Å². The highest BCUT2D eigenvalue weighted by Crippen LogP contribution is 2.34. The maximum Gasteiger partial charge on any atom is 0.309 e. The van der Waals surface area contributed by atoms with E-state index in [0.29, 0.717) is 19.0 Å². The van der Waals surface area contributed by atoms with Crippen molar-refractivity contribution >= 4 is 17.7 Å². The summed E-state index contributed by atoms with van der Waals surface area (Å²) in [5.74, 6) is 1.97. The fourth-order valence-electron chi connectivity index (χ4n) is 1.72. The molecule has 2 rings (SSSR count). The van der Waals surface area contributed by atoms with Gasteiger partial charge in [0.15, 0.2) is 11.5 Å². The fraction of sp³-hybridized carbons (Fsp3) is 0.500. The molecule has 0 aliphatic carbocycles. The molecule has 1 aliphatic heterocycles. The fourth-order valence-corrected chi connectivity index (χ4v) is 2.66. The topological polar surface area (TPSA) is 44.8 Å². The number of carbonyl (C=O) groups excluding carboxylic acids is 1. The van der Waals surface area contributed by atoms with Gasteiger partial charge in [0.1, 0.15) is 0 Å². The molecule has 0 radical (unpaired) electrons. The predicted octanol–water partition coefficient (Wildman–Crippen LogP) is 2.75. The SMILES string of the molecule is COC(=O)C(C)CSc1ccc2c(c1)OCCCO2. The Morgan fingerprint density at radius 2 is 2.11 bits per heavy atom.